The van der Waals surface area contributed by atoms with Crippen LogP contribution in [0, 0.1) is 11.8 Å². The second-order valence-electron chi connectivity index (χ2n) is 6.30. The van der Waals surface area contributed by atoms with Crippen molar-refractivity contribution in [1.82, 2.24) is 9.40 Å². The van der Waals surface area contributed by atoms with Crippen LogP contribution in [-0.2, 0) is 0 Å². The van der Waals surface area contributed by atoms with Gasteiger partial charge in [0.1, 0.15) is 0 Å². The topological polar surface area (TPSA) is 33.2 Å². The zero-order valence-corrected chi connectivity index (χ0v) is 14.9. The molecule has 1 saturated heterocycles. The van der Waals surface area contributed by atoms with Crippen LogP contribution in [0.4, 0.5) is 0 Å². The average Bonchev–Trinajstić information content (AvgIpc) is 2.59. The molecule has 3 nitrogen and oxygen atoms in total. The Bertz CT molecular complexity index is 762. The van der Waals surface area contributed by atoms with Crippen LogP contribution in [0.15, 0.2) is 43.1 Å². The quantitative estimate of drug-likeness (QED) is 0.420. The minimum absolute atomic E-state index is 0.154. The predicted octanol–water partition coefficient (Wildman–Crippen LogP) is 5.13. The van der Waals surface area contributed by atoms with Gasteiger partial charge in [-0.3, -0.25) is 9.78 Å². The van der Waals surface area contributed by atoms with Gasteiger partial charge in [0.05, 0.1) is 5.52 Å². The highest BCUT2D eigenvalue weighted by atomic mass is 35.5. The van der Waals surface area contributed by atoms with Crippen molar-refractivity contribution in [3.8, 4) is 0 Å². The summed E-state index contributed by atoms with van der Waals surface area (Å²) in [5.41, 5.74) is 1.48. The van der Waals surface area contributed by atoms with Crippen molar-refractivity contribution >= 4 is 40.1 Å². The molecule has 0 spiro atoms. The van der Waals surface area contributed by atoms with Crippen LogP contribution in [0.3, 0.4) is 0 Å². The predicted molar refractivity (Wildman–Crippen MR) is 99.5 cm³/mol. The van der Waals surface area contributed by atoms with Gasteiger partial charge in [-0.05, 0) is 54.7 Å². The molecule has 3 rings (SSSR count). The number of fused-ring (bicyclic) bond motifs is 1. The number of pyridine rings is 1. The molecule has 1 aliphatic rings. The number of aromatic nitrogens is 1. The molecule has 126 valence electrons. The SMILES string of the molecule is C=CC1CN(Cl)CCC1CCC(=O)c1ccnc2cc(Cl)ccc12. The zero-order valence-electron chi connectivity index (χ0n) is 13.4. The first-order valence-electron chi connectivity index (χ1n) is 8.19. The van der Waals surface area contributed by atoms with Gasteiger partial charge in [-0.1, -0.05) is 23.7 Å². The monoisotopic (exact) mass is 362 g/mol. The van der Waals surface area contributed by atoms with Gasteiger partial charge in [-0.25, -0.2) is 4.42 Å². The molecule has 1 aliphatic heterocycles. The number of hydrogen-bond donors (Lipinski definition) is 0. The molecule has 1 aromatic carbocycles. The lowest BCUT2D eigenvalue weighted by Crippen LogP contribution is -2.34. The molecule has 2 heterocycles. The van der Waals surface area contributed by atoms with E-state index in [4.69, 9.17) is 23.4 Å². The molecule has 1 fully saturated rings. The summed E-state index contributed by atoms with van der Waals surface area (Å²) in [6.45, 7) is 5.58. The van der Waals surface area contributed by atoms with E-state index >= 15 is 0 Å². The number of Topliss-reactive ketones (excluding diaryl/α,β-unsaturated/α-hetero) is 1. The lowest BCUT2D eigenvalue weighted by atomic mass is 9.82. The number of rotatable bonds is 5. The van der Waals surface area contributed by atoms with E-state index in [9.17, 15) is 4.79 Å². The second kappa shape index (κ2) is 7.64. The summed E-state index contributed by atoms with van der Waals surface area (Å²) in [6, 6.07) is 7.26. The molecule has 0 saturated carbocycles. The molecule has 2 aromatic rings. The van der Waals surface area contributed by atoms with Crippen molar-refractivity contribution in [2.24, 2.45) is 11.8 Å². The molecule has 5 heteroatoms. The third-order valence-electron chi connectivity index (χ3n) is 4.81. The van der Waals surface area contributed by atoms with Crippen LogP contribution in [0.5, 0.6) is 0 Å². The third kappa shape index (κ3) is 3.80. The molecular weight excluding hydrogens is 343 g/mol. The number of carbonyl (C=O) groups is 1. The second-order valence-corrected chi connectivity index (χ2v) is 7.21. The van der Waals surface area contributed by atoms with E-state index in [0.29, 0.717) is 23.3 Å². The number of piperidine rings is 1. The summed E-state index contributed by atoms with van der Waals surface area (Å²) in [6.07, 6.45) is 6.02. The van der Waals surface area contributed by atoms with Gasteiger partial charge in [0.25, 0.3) is 0 Å². The summed E-state index contributed by atoms with van der Waals surface area (Å²) in [7, 11) is 0. The van der Waals surface area contributed by atoms with Crippen molar-refractivity contribution < 1.29 is 4.79 Å². The molecule has 0 amide bonds. The van der Waals surface area contributed by atoms with E-state index in [1.807, 2.05) is 16.6 Å². The van der Waals surface area contributed by atoms with Crippen LogP contribution in [0.2, 0.25) is 5.02 Å². The third-order valence-corrected chi connectivity index (χ3v) is 5.35. The fourth-order valence-electron chi connectivity index (χ4n) is 3.43. The minimum atomic E-state index is 0.154. The van der Waals surface area contributed by atoms with Gasteiger partial charge in [0.15, 0.2) is 5.78 Å². The highest BCUT2D eigenvalue weighted by Gasteiger charge is 2.27. The van der Waals surface area contributed by atoms with Crippen LogP contribution < -0.4 is 0 Å². The molecule has 2 atom stereocenters. The summed E-state index contributed by atoms with van der Waals surface area (Å²) in [5.74, 6) is 0.960. The van der Waals surface area contributed by atoms with E-state index in [1.54, 1.807) is 24.4 Å². The molecule has 1 aromatic heterocycles. The number of carbonyl (C=O) groups excluding carboxylic acids is 1. The maximum atomic E-state index is 12.7. The first-order valence-corrected chi connectivity index (χ1v) is 8.91. The Hall–Kier alpha value is -1.42. The lowest BCUT2D eigenvalue weighted by molar-refractivity contribution is 0.0963. The smallest absolute Gasteiger partial charge is 0.163 e. The molecule has 0 N–H and O–H groups in total. The minimum Gasteiger partial charge on any atom is -0.294 e. The summed E-state index contributed by atoms with van der Waals surface area (Å²) in [4.78, 5) is 17.0. The Labute approximate surface area is 152 Å². The Morgan fingerprint density at radius 3 is 3.04 bits per heavy atom. The van der Waals surface area contributed by atoms with Crippen LogP contribution in [0.1, 0.15) is 29.6 Å². The molecule has 0 radical (unpaired) electrons. The average molecular weight is 363 g/mol. The number of hydrogen-bond acceptors (Lipinski definition) is 3. The van der Waals surface area contributed by atoms with Gasteiger partial charge in [-0.15, -0.1) is 6.58 Å². The summed E-state index contributed by atoms with van der Waals surface area (Å²) >= 11 is 12.1. The van der Waals surface area contributed by atoms with Crippen LogP contribution in [0.25, 0.3) is 10.9 Å². The first kappa shape index (κ1) is 17.4. The largest absolute Gasteiger partial charge is 0.294 e. The van der Waals surface area contributed by atoms with Crippen molar-refractivity contribution in [1.29, 1.82) is 0 Å². The van der Waals surface area contributed by atoms with Crippen LogP contribution in [-0.4, -0.2) is 28.3 Å². The van der Waals surface area contributed by atoms with Crippen molar-refractivity contribution in [3.63, 3.8) is 0 Å². The summed E-state index contributed by atoms with van der Waals surface area (Å²) in [5, 5.41) is 1.49. The van der Waals surface area contributed by atoms with Crippen LogP contribution >= 0.6 is 23.4 Å². The van der Waals surface area contributed by atoms with E-state index in [1.165, 1.54) is 0 Å². The van der Waals surface area contributed by atoms with E-state index in [-0.39, 0.29) is 5.78 Å². The molecular formula is C19H20Cl2N2O. The highest BCUT2D eigenvalue weighted by molar-refractivity contribution is 6.31. The Morgan fingerprint density at radius 2 is 2.25 bits per heavy atom. The number of benzene rings is 1. The maximum absolute atomic E-state index is 12.7. The maximum Gasteiger partial charge on any atom is 0.163 e. The number of ketones is 1. The molecule has 0 bridgehead atoms. The van der Waals surface area contributed by atoms with Gasteiger partial charge < -0.3 is 0 Å². The zero-order chi connectivity index (χ0) is 17.1. The lowest BCUT2D eigenvalue weighted by Gasteiger charge is -2.33. The number of nitrogens with zero attached hydrogens (tertiary/aromatic N) is 2. The van der Waals surface area contributed by atoms with E-state index in [0.717, 1.165) is 42.4 Å². The van der Waals surface area contributed by atoms with Gasteiger partial charge in [0, 0.05) is 41.7 Å². The summed E-state index contributed by atoms with van der Waals surface area (Å²) < 4.78 is 1.81. The Morgan fingerprint density at radius 1 is 1.42 bits per heavy atom. The van der Waals surface area contributed by atoms with E-state index in [2.05, 4.69) is 11.6 Å². The molecule has 24 heavy (non-hydrogen) atoms. The molecule has 2 unspecified atom stereocenters. The highest BCUT2D eigenvalue weighted by Crippen LogP contribution is 2.30. The van der Waals surface area contributed by atoms with Crippen molar-refractivity contribution in [2.45, 2.75) is 19.3 Å². The normalized spacial score (nSPS) is 21.8. The first-order chi connectivity index (χ1) is 11.6. The van der Waals surface area contributed by atoms with Gasteiger partial charge >= 0.3 is 0 Å². The standard InChI is InChI=1S/C19H20Cl2N2O/c1-2-13-12-23(21)10-8-14(13)3-6-19(24)17-7-9-22-18-11-15(20)4-5-16(17)18/h2,4-5,7,9,11,13-14H,1,3,6,8,10,12H2. The fourth-order valence-corrected chi connectivity index (χ4v) is 3.85. The van der Waals surface area contributed by atoms with E-state index < -0.39 is 0 Å². The Kier molecular flexibility index (Phi) is 5.54. The van der Waals surface area contributed by atoms with Crippen molar-refractivity contribution in [2.75, 3.05) is 13.1 Å². The Balaban J connectivity index is 1.72. The van der Waals surface area contributed by atoms with Gasteiger partial charge in [-0.2, -0.15) is 0 Å². The van der Waals surface area contributed by atoms with Crippen molar-refractivity contribution in [3.05, 3.63) is 53.7 Å². The fraction of sp³-hybridized carbons (Fsp3) is 0.368. The molecule has 0 aliphatic carbocycles. The number of halogens is 2. The van der Waals surface area contributed by atoms with Gasteiger partial charge in [0.2, 0.25) is 0 Å².